The number of methoxy groups -OCH3 is 4. The Kier molecular flexibility index (Phi) is 11.6. The number of hydrogen-bond acceptors (Lipinski definition) is 9. The van der Waals surface area contributed by atoms with E-state index in [1.807, 2.05) is 36.4 Å². The number of carbonyl (C=O) groups is 2. The average molecular weight is 686 g/mol. The molecular weight excluding hydrogens is 642 g/mol. The molecule has 0 aromatic heterocycles. The summed E-state index contributed by atoms with van der Waals surface area (Å²) in [6, 6.07) is 23.2. The molecule has 1 fully saturated rings. The average Bonchev–Trinajstić information content (AvgIpc) is 3.22. The van der Waals surface area contributed by atoms with Gasteiger partial charge in [0.2, 0.25) is 5.91 Å². The van der Waals surface area contributed by atoms with Crippen molar-refractivity contribution >= 4 is 11.9 Å². The SMILES string of the molecule is COc1cc(CN2C(=O)N(Cc3ccc(O)c(OC)c3)N(C(=O)CCc3ccc(OC)c(OC)c3)C[C@@H](O)[C@H]2Cc2ccccc2)ccc1O. The molecule has 3 N–H and O–H groups in total. The number of hydrogen-bond donors (Lipinski definition) is 3. The maximum Gasteiger partial charge on any atom is 0.339 e. The van der Waals surface area contributed by atoms with Gasteiger partial charge < -0.3 is 39.2 Å². The van der Waals surface area contributed by atoms with Gasteiger partial charge in [-0.1, -0.05) is 48.5 Å². The van der Waals surface area contributed by atoms with Gasteiger partial charge in [0.15, 0.2) is 34.5 Å². The first-order valence-electron chi connectivity index (χ1n) is 16.2. The molecule has 4 aromatic carbocycles. The predicted molar refractivity (Wildman–Crippen MR) is 185 cm³/mol. The molecule has 50 heavy (non-hydrogen) atoms. The van der Waals surface area contributed by atoms with Crippen molar-refractivity contribution in [1.29, 1.82) is 0 Å². The van der Waals surface area contributed by atoms with Gasteiger partial charge in [0.1, 0.15) is 0 Å². The zero-order chi connectivity index (χ0) is 35.8. The largest absolute Gasteiger partial charge is 0.504 e. The first-order chi connectivity index (χ1) is 24.1. The summed E-state index contributed by atoms with van der Waals surface area (Å²) in [5, 5.41) is 35.0. The van der Waals surface area contributed by atoms with E-state index in [1.54, 1.807) is 55.5 Å². The van der Waals surface area contributed by atoms with Crippen molar-refractivity contribution in [2.24, 2.45) is 0 Å². The highest BCUT2D eigenvalue weighted by Gasteiger charge is 2.42. The minimum Gasteiger partial charge on any atom is -0.504 e. The normalized spacial score (nSPS) is 16.2. The van der Waals surface area contributed by atoms with Crippen molar-refractivity contribution in [3.05, 3.63) is 107 Å². The highest BCUT2D eigenvalue weighted by molar-refractivity contribution is 5.82. The maximum atomic E-state index is 14.8. The summed E-state index contributed by atoms with van der Waals surface area (Å²) in [5.74, 6) is 1.07. The lowest BCUT2D eigenvalue weighted by molar-refractivity contribution is -0.147. The summed E-state index contributed by atoms with van der Waals surface area (Å²) in [7, 11) is 5.96. The zero-order valence-electron chi connectivity index (χ0n) is 28.6. The summed E-state index contributed by atoms with van der Waals surface area (Å²) in [5.41, 5.74) is 2.98. The molecule has 0 saturated carbocycles. The number of phenols is 2. The summed E-state index contributed by atoms with van der Waals surface area (Å²) in [6.07, 6.45) is -0.450. The fraction of sp³-hybridized carbons (Fsp3) is 0.316. The highest BCUT2D eigenvalue weighted by atomic mass is 16.5. The van der Waals surface area contributed by atoms with Crippen LogP contribution in [0.5, 0.6) is 34.5 Å². The third-order valence-corrected chi connectivity index (χ3v) is 8.79. The number of amides is 3. The fourth-order valence-corrected chi connectivity index (χ4v) is 6.10. The summed E-state index contributed by atoms with van der Waals surface area (Å²) >= 11 is 0. The van der Waals surface area contributed by atoms with Gasteiger partial charge in [-0.15, -0.1) is 0 Å². The van der Waals surface area contributed by atoms with Crippen molar-refractivity contribution in [1.82, 2.24) is 14.9 Å². The van der Waals surface area contributed by atoms with E-state index in [0.29, 0.717) is 35.5 Å². The second-order valence-corrected chi connectivity index (χ2v) is 12.0. The highest BCUT2D eigenvalue weighted by Crippen LogP contribution is 2.32. The quantitative estimate of drug-likeness (QED) is 0.179. The van der Waals surface area contributed by atoms with Crippen LogP contribution in [0.1, 0.15) is 28.7 Å². The zero-order valence-corrected chi connectivity index (χ0v) is 28.6. The Balaban J connectivity index is 1.54. The van der Waals surface area contributed by atoms with E-state index >= 15 is 0 Å². The van der Waals surface area contributed by atoms with Crippen molar-refractivity contribution in [2.75, 3.05) is 35.0 Å². The monoisotopic (exact) mass is 685 g/mol. The number of nitrogens with zero attached hydrogens (tertiary/aromatic N) is 3. The van der Waals surface area contributed by atoms with Gasteiger partial charge in [-0.3, -0.25) is 4.79 Å². The lowest BCUT2D eigenvalue weighted by atomic mass is 9.99. The fourth-order valence-electron chi connectivity index (χ4n) is 6.10. The predicted octanol–water partition coefficient (Wildman–Crippen LogP) is 4.92. The second-order valence-electron chi connectivity index (χ2n) is 12.0. The van der Waals surface area contributed by atoms with E-state index in [0.717, 1.165) is 11.1 Å². The molecule has 2 atom stereocenters. The first-order valence-corrected chi connectivity index (χ1v) is 16.2. The number of aliphatic hydroxyl groups is 1. The van der Waals surface area contributed by atoms with Gasteiger partial charge in [0.25, 0.3) is 0 Å². The van der Waals surface area contributed by atoms with Crippen LogP contribution in [0.15, 0.2) is 84.9 Å². The van der Waals surface area contributed by atoms with Crippen molar-refractivity contribution < 1.29 is 43.9 Å². The molecule has 0 aliphatic carbocycles. The van der Waals surface area contributed by atoms with Crippen LogP contribution in [0.3, 0.4) is 0 Å². The Morgan fingerprint density at radius 2 is 1.26 bits per heavy atom. The third kappa shape index (κ3) is 8.15. The number of phenolic OH excluding ortho intramolecular Hbond substituents is 2. The van der Waals surface area contributed by atoms with E-state index in [2.05, 4.69) is 0 Å². The van der Waals surface area contributed by atoms with Gasteiger partial charge in [-0.05, 0) is 71.5 Å². The van der Waals surface area contributed by atoms with Crippen LogP contribution in [0.2, 0.25) is 0 Å². The van der Waals surface area contributed by atoms with Crippen molar-refractivity contribution in [3.8, 4) is 34.5 Å². The number of carbonyl (C=O) groups excluding carboxylic acids is 2. The molecular formula is C38H43N3O9. The number of aromatic hydroxyl groups is 2. The van der Waals surface area contributed by atoms with Crippen molar-refractivity contribution in [3.63, 3.8) is 0 Å². The molecule has 0 unspecified atom stereocenters. The first kappa shape index (κ1) is 35.7. The van der Waals surface area contributed by atoms with Crippen LogP contribution in [0.25, 0.3) is 0 Å². The number of aliphatic hydroxyl groups excluding tert-OH is 1. The molecule has 1 heterocycles. The molecule has 4 aromatic rings. The molecule has 1 aliphatic heterocycles. The van der Waals surface area contributed by atoms with Gasteiger partial charge >= 0.3 is 6.03 Å². The molecule has 0 radical (unpaired) electrons. The summed E-state index contributed by atoms with van der Waals surface area (Å²) in [4.78, 5) is 30.6. The van der Waals surface area contributed by atoms with Gasteiger partial charge in [-0.2, -0.15) is 0 Å². The van der Waals surface area contributed by atoms with Crippen LogP contribution in [-0.4, -0.2) is 89.3 Å². The van der Waals surface area contributed by atoms with E-state index in [-0.39, 0.29) is 55.0 Å². The van der Waals surface area contributed by atoms with Gasteiger partial charge in [0, 0.05) is 13.0 Å². The molecule has 264 valence electrons. The van der Waals surface area contributed by atoms with Crippen LogP contribution in [0.4, 0.5) is 4.79 Å². The lowest BCUT2D eigenvalue weighted by Gasteiger charge is -2.36. The molecule has 0 spiro atoms. The van der Waals surface area contributed by atoms with Crippen LogP contribution in [-0.2, 0) is 30.7 Å². The molecule has 1 aliphatic rings. The molecule has 12 nitrogen and oxygen atoms in total. The van der Waals surface area contributed by atoms with Gasteiger partial charge in [0.05, 0.1) is 53.7 Å². The topological polar surface area (TPSA) is 141 Å². The summed E-state index contributed by atoms with van der Waals surface area (Å²) < 4.78 is 21.4. The van der Waals surface area contributed by atoms with Crippen LogP contribution < -0.4 is 18.9 Å². The minimum atomic E-state index is -1.14. The number of rotatable bonds is 13. The van der Waals surface area contributed by atoms with Gasteiger partial charge in [-0.25, -0.2) is 14.8 Å². The third-order valence-electron chi connectivity index (χ3n) is 8.79. The van der Waals surface area contributed by atoms with E-state index in [1.165, 1.54) is 36.4 Å². The maximum absolute atomic E-state index is 14.8. The Labute approximate surface area is 291 Å². The number of hydrazine groups is 1. The van der Waals surface area contributed by atoms with Crippen molar-refractivity contribution in [2.45, 2.75) is 44.5 Å². The van der Waals surface area contributed by atoms with E-state index < -0.39 is 18.2 Å². The molecule has 3 amide bonds. The van der Waals surface area contributed by atoms with E-state index in [4.69, 9.17) is 18.9 Å². The second kappa shape index (κ2) is 16.2. The molecule has 5 rings (SSSR count). The Morgan fingerprint density at radius 1 is 0.700 bits per heavy atom. The van der Waals surface area contributed by atoms with E-state index in [9.17, 15) is 24.9 Å². The summed E-state index contributed by atoms with van der Waals surface area (Å²) in [6.45, 7) is -0.163. The number of ether oxygens (including phenoxy) is 4. The van der Waals surface area contributed by atoms with Crippen LogP contribution in [0, 0.1) is 0 Å². The smallest absolute Gasteiger partial charge is 0.339 e. The molecule has 12 heteroatoms. The standard InChI is InChI=1S/C38H43N3O9/c1-47-33-16-12-26(19-36(33)50-4)13-17-37(45)40-24-32(44)29(18-25-8-6-5-7-9-25)39(22-27-10-14-30(42)34(20-27)48-2)38(46)41(40)23-28-11-15-31(43)35(21-28)49-3/h5-12,14-16,19-21,29,32,42-44H,13,17-18,22-24H2,1-4H3/t29-,32-/m1/s1. The number of benzene rings is 4. The Bertz CT molecular complexity index is 1790. The Morgan fingerprint density at radius 3 is 1.86 bits per heavy atom. The Hall–Kier alpha value is -5.62. The number of urea groups is 1. The molecule has 1 saturated heterocycles. The minimum absolute atomic E-state index is 0.0311. The lowest BCUT2D eigenvalue weighted by Crippen LogP contribution is -2.52. The number of aryl methyl sites for hydroxylation is 1. The molecule has 0 bridgehead atoms. The number of β-amino-alcohol motifs (C(OH)–C–C–N with tert-alkyl or cyclic N) is 1. The van der Waals surface area contributed by atoms with Crippen LogP contribution >= 0.6 is 0 Å².